The monoisotopic (exact) mass is 549 g/mol. The number of rotatable bonds is 7. The molecule has 1 N–H and O–H groups in total. The molecule has 6 nitrogen and oxygen atoms in total. The average molecular weight is 550 g/mol. The van der Waals surface area contributed by atoms with Crippen LogP contribution in [0.15, 0.2) is 65.3 Å². The van der Waals surface area contributed by atoms with E-state index in [1.54, 1.807) is 23.7 Å². The van der Waals surface area contributed by atoms with Crippen molar-refractivity contribution in [2.75, 3.05) is 6.54 Å². The first-order valence-electron chi connectivity index (χ1n) is 13.2. The number of benzene rings is 3. The molecule has 0 aliphatic heterocycles. The van der Waals surface area contributed by atoms with Gasteiger partial charge < -0.3 is 14.3 Å². The Morgan fingerprint density at radius 1 is 1.02 bits per heavy atom. The molecule has 6 rings (SSSR count). The second kappa shape index (κ2) is 10.5. The summed E-state index contributed by atoms with van der Waals surface area (Å²) in [6.45, 7) is 1.02. The zero-order chi connectivity index (χ0) is 27.9. The standard InChI is InChI=1S/C30H27F4N5O/c1-39-17-36-38-28(39)25-21(20-9-3-2-4-10-20)11-12-23(31)26(25)29-37-24-14-19(16-35-15-18-7-5-6-8-18)13-22(27(24)40-29)30(32,33)34/h2-4,9-14,17-18,35H,5-8,15-16H2,1H3. The van der Waals surface area contributed by atoms with Crippen LogP contribution < -0.4 is 5.32 Å². The summed E-state index contributed by atoms with van der Waals surface area (Å²) < 4.78 is 65.6. The predicted molar refractivity (Wildman–Crippen MR) is 144 cm³/mol. The molecule has 10 heteroatoms. The number of hydrogen-bond acceptors (Lipinski definition) is 5. The molecule has 0 unspecified atom stereocenters. The molecule has 40 heavy (non-hydrogen) atoms. The van der Waals surface area contributed by atoms with Crippen LogP contribution in [-0.4, -0.2) is 26.3 Å². The lowest BCUT2D eigenvalue weighted by atomic mass is 9.94. The van der Waals surface area contributed by atoms with Gasteiger partial charge in [0.25, 0.3) is 0 Å². The fourth-order valence-electron chi connectivity index (χ4n) is 5.53. The molecular formula is C30H27F4N5O. The average Bonchev–Trinajstić information content (AvgIpc) is 3.69. The normalized spacial score (nSPS) is 14.4. The van der Waals surface area contributed by atoms with Crippen molar-refractivity contribution in [1.29, 1.82) is 0 Å². The second-order valence-corrected chi connectivity index (χ2v) is 10.3. The van der Waals surface area contributed by atoms with Crippen molar-refractivity contribution in [3.63, 3.8) is 0 Å². The van der Waals surface area contributed by atoms with E-state index in [4.69, 9.17) is 4.42 Å². The topological polar surface area (TPSA) is 68.8 Å². The van der Waals surface area contributed by atoms with E-state index in [0.29, 0.717) is 28.4 Å². The smallest absolute Gasteiger partial charge is 0.420 e. The van der Waals surface area contributed by atoms with Gasteiger partial charge in [-0.05, 0) is 60.2 Å². The van der Waals surface area contributed by atoms with Gasteiger partial charge in [0.05, 0.1) is 5.56 Å². The van der Waals surface area contributed by atoms with Gasteiger partial charge in [-0.3, -0.25) is 0 Å². The number of alkyl halides is 3. The van der Waals surface area contributed by atoms with Gasteiger partial charge in [0.2, 0.25) is 5.89 Å². The highest BCUT2D eigenvalue weighted by molar-refractivity contribution is 5.92. The predicted octanol–water partition coefficient (Wildman–Crippen LogP) is 7.40. The van der Waals surface area contributed by atoms with Crippen LogP contribution in [-0.2, 0) is 19.8 Å². The van der Waals surface area contributed by atoms with Gasteiger partial charge in [0, 0.05) is 19.2 Å². The van der Waals surface area contributed by atoms with Crippen molar-refractivity contribution in [3.8, 4) is 34.0 Å². The molecule has 2 aromatic heterocycles. The molecule has 1 aliphatic carbocycles. The van der Waals surface area contributed by atoms with Crippen LogP contribution in [0.1, 0.15) is 36.8 Å². The van der Waals surface area contributed by atoms with E-state index in [-0.39, 0.29) is 23.5 Å². The van der Waals surface area contributed by atoms with Crippen LogP contribution in [0.2, 0.25) is 0 Å². The van der Waals surface area contributed by atoms with Crippen molar-refractivity contribution in [2.24, 2.45) is 13.0 Å². The van der Waals surface area contributed by atoms with Gasteiger partial charge in [0.1, 0.15) is 23.2 Å². The van der Waals surface area contributed by atoms with Crippen LogP contribution in [0, 0.1) is 11.7 Å². The highest BCUT2D eigenvalue weighted by Gasteiger charge is 2.36. The van der Waals surface area contributed by atoms with Gasteiger partial charge in [0.15, 0.2) is 11.4 Å². The molecule has 1 aliphatic rings. The van der Waals surface area contributed by atoms with E-state index in [9.17, 15) is 13.2 Å². The summed E-state index contributed by atoms with van der Waals surface area (Å²) in [5.41, 5.74) is 0.692. The number of aromatic nitrogens is 4. The van der Waals surface area contributed by atoms with Crippen molar-refractivity contribution < 1.29 is 22.0 Å². The Bertz CT molecular complexity index is 1650. The third kappa shape index (κ3) is 4.99. The number of fused-ring (bicyclic) bond motifs is 1. The largest absolute Gasteiger partial charge is 0.435 e. The van der Waals surface area contributed by atoms with Gasteiger partial charge in [-0.1, -0.05) is 49.2 Å². The molecule has 2 heterocycles. The van der Waals surface area contributed by atoms with Gasteiger partial charge >= 0.3 is 6.18 Å². The lowest BCUT2D eigenvalue weighted by Crippen LogP contribution is -2.21. The lowest BCUT2D eigenvalue weighted by molar-refractivity contribution is -0.136. The van der Waals surface area contributed by atoms with Crippen LogP contribution in [0.5, 0.6) is 0 Å². The second-order valence-electron chi connectivity index (χ2n) is 10.3. The molecule has 0 saturated heterocycles. The SMILES string of the molecule is Cn1cnnc1-c1c(-c2ccccc2)ccc(F)c1-c1nc2cc(CNCC3CCCC3)cc(C(F)(F)F)c2o1. The molecule has 0 bridgehead atoms. The fraction of sp³-hybridized carbons (Fsp3) is 0.300. The fourth-order valence-corrected chi connectivity index (χ4v) is 5.53. The quantitative estimate of drug-likeness (QED) is 0.214. The highest BCUT2D eigenvalue weighted by Crippen LogP contribution is 2.43. The van der Waals surface area contributed by atoms with Gasteiger partial charge in [-0.2, -0.15) is 13.2 Å². The Morgan fingerprint density at radius 2 is 1.80 bits per heavy atom. The minimum Gasteiger partial charge on any atom is -0.435 e. The summed E-state index contributed by atoms with van der Waals surface area (Å²) in [5, 5.41) is 11.4. The lowest BCUT2D eigenvalue weighted by Gasteiger charge is -2.14. The summed E-state index contributed by atoms with van der Waals surface area (Å²) in [6, 6.07) is 14.8. The van der Waals surface area contributed by atoms with E-state index in [2.05, 4.69) is 20.5 Å². The summed E-state index contributed by atoms with van der Waals surface area (Å²) in [4.78, 5) is 4.41. The van der Waals surface area contributed by atoms with E-state index < -0.39 is 23.1 Å². The van der Waals surface area contributed by atoms with E-state index in [0.717, 1.165) is 31.0 Å². The first-order chi connectivity index (χ1) is 19.3. The Morgan fingerprint density at radius 3 is 2.50 bits per heavy atom. The van der Waals surface area contributed by atoms with Crippen LogP contribution in [0.3, 0.4) is 0 Å². The van der Waals surface area contributed by atoms with Crippen LogP contribution in [0.4, 0.5) is 17.6 Å². The Labute approximate surface area is 228 Å². The van der Waals surface area contributed by atoms with Crippen LogP contribution in [0.25, 0.3) is 45.1 Å². The molecule has 1 saturated carbocycles. The Hall–Kier alpha value is -4.05. The Kier molecular flexibility index (Phi) is 6.87. The van der Waals surface area contributed by atoms with Crippen molar-refractivity contribution in [2.45, 2.75) is 38.4 Å². The number of nitrogens with one attached hydrogen (secondary N) is 1. The molecule has 0 atom stereocenters. The molecule has 0 spiro atoms. The van der Waals surface area contributed by atoms with Gasteiger partial charge in [-0.25, -0.2) is 9.37 Å². The Balaban J connectivity index is 1.50. The molecule has 0 radical (unpaired) electrons. The number of hydrogen-bond donors (Lipinski definition) is 1. The highest BCUT2D eigenvalue weighted by atomic mass is 19.4. The number of aryl methyl sites for hydroxylation is 1. The van der Waals surface area contributed by atoms with Crippen molar-refractivity contribution in [3.05, 3.63) is 77.9 Å². The molecule has 3 aromatic carbocycles. The zero-order valence-electron chi connectivity index (χ0n) is 21.8. The number of oxazole rings is 1. The third-order valence-electron chi connectivity index (χ3n) is 7.48. The summed E-state index contributed by atoms with van der Waals surface area (Å²) in [5.74, 6) is -0.0899. The minimum atomic E-state index is -4.69. The first kappa shape index (κ1) is 26.2. The maximum Gasteiger partial charge on any atom is 0.420 e. The number of halogens is 4. The molecular weight excluding hydrogens is 522 g/mol. The minimum absolute atomic E-state index is 0.0101. The van der Waals surface area contributed by atoms with Gasteiger partial charge in [-0.15, -0.1) is 10.2 Å². The molecule has 206 valence electrons. The van der Waals surface area contributed by atoms with E-state index >= 15 is 4.39 Å². The molecule has 1 fully saturated rings. The number of nitrogens with zero attached hydrogens (tertiary/aromatic N) is 4. The molecule has 0 amide bonds. The zero-order valence-corrected chi connectivity index (χ0v) is 21.8. The maximum absolute atomic E-state index is 15.6. The van der Waals surface area contributed by atoms with Crippen LogP contribution >= 0.6 is 0 Å². The maximum atomic E-state index is 15.6. The van der Waals surface area contributed by atoms with E-state index in [1.165, 1.54) is 25.2 Å². The summed E-state index contributed by atoms with van der Waals surface area (Å²) in [6.07, 6.45) is 1.43. The van der Waals surface area contributed by atoms with E-state index in [1.807, 2.05) is 30.3 Å². The molecule has 5 aromatic rings. The summed E-state index contributed by atoms with van der Waals surface area (Å²) >= 11 is 0. The first-order valence-corrected chi connectivity index (χ1v) is 13.2. The van der Waals surface area contributed by atoms with Crippen molar-refractivity contribution >= 4 is 11.1 Å². The summed E-state index contributed by atoms with van der Waals surface area (Å²) in [7, 11) is 1.71. The third-order valence-corrected chi connectivity index (χ3v) is 7.48. The van der Waals surface area contributed by atoms with Crippen molar-refractivity contribution in [1.82, 2.24) is 25.1 Å².